The second kappa shape index (κ2) is 7.36. The van der Waals surface area contributed by atoms with Crippen LogP contribution in [0.2, 0.25) is 0 Å². The van der Waals surface area contributed by atoms with Crippen LogP contribution in [0, 0.1) is 0 Å². The van der Waals surface area contributed by atoms with Gasteiger partial charge >= 0.3 is 18.0 Å². The molecule has 0 radical (unpaired) electrons. The van der Waals surface area contributed by atoms with Crippen LogP contribution in [0.25, 0.3) is 0 Å². The largest absolute Gasteiger partial charge is 0.466 e. The van der Waals surface area contributed by atoms with Crippen molar-refractivity contribution in [2.24, 2.45) is 5.73 Å². The fourth-order valence-electron chi connectivity index (χ4n) is 0.537. The molecule has 0 rings (SSSR count). The van der Waals surface area contributed by atoms with E-state index in [9.17, 15) is 14.4 Å². The molecule has 0 bridgehead atoms. The van der Waals surface area contributed by atoms with Crippen molar-refractivity contribution in [1.82, 2.24) is 0 Å². The summed E-state index contributed by atoms with van der Waals surface area (Å²) < 4.78 is 13.0. The van der Waals surface area contributed by atoms with Crippen molar-refractivity contribution in [3.63, 3.8) is 0 Å². The Labute approximate surface area is 85.8 Å². The second-order valence-electron chi connectivity index (χ2n) is 2.19. The highest BCUT2D eigenvalue weighted by Crippen LogP contribution is 1.85. The van der Waals surface area contributed by atoms with Crippen LogP contribution in [0.15, 0.2) is 12.2 Å². The van der Waals surface area contributed by atoms with E-state index in [-0.39, 0.29) is 13.2 Å². The maximum Gasteiger partial charge on any atom is 0.404 e. The molecule has 2 N–H and O–H groups in total. The molecule has 0 unspecified atom stereocenters. The summed E-state index contributed by atoms with van der Waals surface area (Å²) in [6.45, 7) is -0.263. The van der Waals surface area contributed by atoms with E-state index in [1.165, 1.54) is 7.11 Å². The van der Waals surface area contributed by atoms with Gasteiger partial charge in [0, 0.05) is 12.2 Å². The summed E-state index contributed by atoms with van der Waals surface area (Å²) >= 11 is 0. The van der Waals surface area contributed by atoms with E-state index < -0.39 is 18.0 Å². The zero-order valence-corrected chi connectivity index (χ0v) is 8.10. The second-order valence-corrected chi connectivity index (χ2v) is 2.19. The SMILES string of the molecule is COC(=O)/C=C/C(=O)OCCOC(N)=O. The zero-order valence-electron chi connectivity index (χ0n) is 8.10. The predicted octanol–water partition coefficient (Wildman–Crippen LogP) is -0.646. The van der Waals surface area contributed by atoms with E-state index in [4.69, 9.17) is 0 Å². The molecule has 0 fully saturated rings. The van der Waals surface area contributed by atoms with Crippen LogP contribution >= 0.6 is 0 Å². The van der Waals surface area contributed by atoms with Gasteiger partial charge in [0.25, 0.3) is 0 Å². The van der Waals surface area contributed by atoms with Crippen molar-refractivity contribution >= 4 is 18.0 Å². The monoisotopic (exact) mass is 217 g/mol. The number of nitrogens with two attached hydrogens (primary N) is 1. The molecule has 0 aliphatic carbocycles. The molecule has 0 aromatic carbocycles. The van der Waals surface area contributed by atoms with Gasteiger partial charge < -0.3 is 19.9 Å². The average Bonchev–Trinajstić information content (AvgIpc) is 2.20. The standard InChI is InChI=1S/C8H11NO6/c1-13-6(10)2-3-7(11)14-4-5-15-8(9)12/h2-3H,4-5H2,1H3,(H2,9,12)/b3-2+. The van der Waals surface area contributed by atoms with Gasteiger partial charge in [-0.1, -0.05) is 0 Å². The zero-order chi connectivity index (χ0) is 11.7. The van der Waals surface area contributed by atoms with Gasteiger partial charge in [-0.2, -0.15) is 0 Å². The smallest absolute Gasteiger partial charge is 0.404 e. The molecule has 0 aromatic rings. The Morgan fingerprint density at radius 2 is 1.60 bits per heavy atom. The van der Waals surface area contributed by atoms with E-state index in [2.05, 4.69) is 19.9 Å². The lowest BCUT2D eigenvalue weighted by Crippen LogP contribution is -2.17. The molecule has 7 nitrogen and oxygen atoms in total. The first kappa shape index (κ1) is 12.9. The number of hydrogen-bond donors (Lipinski definition) is 1. The molecule has 1 amide bonds. The first-order valence-electron chi connectivity index (χ1n) is 3.91. The molecule has 15 heavy (non-hydrogen) atoms. The molecular formula is C8H11NO6. The number of primary amides is 1. The first-order chi connectivity index (χ1) is 7.06. The fraction of sp³-hybridized carbons (Fsp3) is 0.375. The number of carbonyl (C=O) groups excluding carboxylic acids is 3. The Hall–Kier alpha value is -2.05. The lowest BCUT2D eigenvalue weighted by Gasteiger charge is -2.01. The topological polar surface area (TPSA) is 105 Å². The molecular weight excluding hydrogens is 206 g/mol. The number of esters is 2. The number of ether oxygens (including phenoxy) is 3. The van der Waals surface area contributed by atoms with Crippen molar-refractivity contribution in [3.8, 4) is 0 Å². The van der Waals surface area contributed by atoms with Gasteiger partial charge in [0.1, 0.15) is 13.2 Å². The lowest BCUT2D eigenvalue weighted by molar-refractivity contribution is -0.140. The molecule has 0 aromatic heterocycles. The molecule has 7 heteroatoms. The quantitative estimate of drug-likeness (QED) is 0.284. The summed E-state index contributed by atoms with van der Waals surface area (Å²) in [4.78, 5) is 31.4. The van der Waals surface area contributed by atoms with Crippen LogP contribution < -0.4 is 5.73 Å². The van der Waals surface area contributed by atoms with Crippen molar-refractivity contribution in [1.29, 1.82) is 0 Å². The van der Waals surface area contributed by atoms with Crippen LogP contribution in [-0.2, 0) is 23.8 Å². The van der Waals surface area contributed by atoms with Gasteiger partial charge in [-0.05, 0) is 0 Å². The highest BCUT2D eigenvalue weighted by atomic mass is 16.6. The minimum absolute atomic E-state index is 0.132. The predicted molar refractivity (Wildman–Crippen MR) is 47.7 cm³/mol. The van der Waals surface area contributed by atoms with Gasteiger partial charge in [-0.3, -0.25) is 0 Å². The Morgan fingerprint density at radius 1 is 1.07 bits per heavy atom. The van der Waals surface area contributed by atoms with Gasteiger partial charge in [0.2, 0.25) is 0 Å². The number of hydrogen-bond acceptors (Lipinski definition) is 6. The Balaban J connectivity index is 3.62. The summed E-state index contributed by atoms with van der Waals surface area (Å²) in [7, 11) is 1.18. The van der Waals surface area contributed by atoms with E-state index in [1.54, 1.807) is 0 Å². The van der Waals surface area contributed by atoms with E-state index in [0.717, 1.165) is 12.2 Å². The summed E-state index contributed by atoms with van der Waals surface area (Å²) in [6.07, 6.45) is 0.865. The van der Waals surface area contributed by atoms with Crippen LogP contribution in [-0.4, -0.2) is 38.4 Å². The number of rotatable bonds is 5. The Bertz CT molecular complexity index is 272. The molecule has 84 valence electrons. The number of amides is 1. The van der Waals surface area contributed by atoms with Gasteiger partial charge in [0.05, 0.1) is 7.11 Å². The minimum atomic E-state index is -0.948. The van der Waals surface area contributed by atoms with Gasteiger partial charge in [-0.25, -0.2) is 14.4 Å². The normalized spacial score (nSPS) is 9.67. The number of carbonyl (C=O) groups is 3. The Kier molecular flexibility index (Phi) is 6.36. The third-order valence-corrected chi connectivity index (χ3v) is 1.13. The van der Waals surface area contributed by atoms with Crippen LogP contribution in [0.1, 0.15) is 0 Å². The first-order valence-corrected chi connectivity index (χ1v) is 3.91. The summed E-state index contributed by atoms with van der Waals surface area (Å²) in [5.41, 5.74) is 4.65. The van der Waals surface area contributed by atoms with Crippen molar-refractivity contribution < 1.29 is 28.6 Å². The third kappa shape index (κ3) is 8.28. The molecule has 0 saturated heterocycles. The highest BCUT2D eigenvalue weighted by Gasteiger charge is 2.00. The molecule has 0 aliphatic heterocycles. The summed E-state index contributed by atoms with van der Waals surface area (Å²) in [5, 5.41) is 0. The van der Waals surface area contributed by atoms with Crippen LogP contribution in [0.5, 0.6) is 0 Å². The third-order valence-electron chi connectivity index (χ3n) is 1.13. The molecule has 0 heterocycles. The summed E-state index contributed by atoms with van der Waals surface area (Å²) in [5.74, 6) is -1.41. The minimum Gasteiger partial charge on any atom is -0.466 e. The molecule has 0 atom stereocenters. The van der Waals surface area contributed by atoms with Crippen LogP contribution in [0.4, 0.5) is 4.79 Å². The number of methoxy groups -OCH3 is 1. The highest BCUT2D eigenvalue weighted by molar-refractivity contribution is 5.91. The molecule has 0 saturated carbocycles. The van der Waals surface area contributed by atoms with Gasteiger partial charge in [-0.15, -0.1) is 0 Å². The average molecular weight is 217 g/mol. The van der Waals surface area contributed by atoms with E-state index >= 15 is 0 Å². The van der Waals surface area contributed by atoms with Gasteiger partial charge in [0.15, 0.2) is 0 Å². The van der Waals surface area contributed by atoms with Crippen molar-refractivity contribution in [2.75, 3.05) is 20.3 Å². The Morgan fingerprint density at radius 3 is 2.13 bits per heavy atom. The van der Waals surface area contributed by atoms with Crippen molar-refractivity contribution in [2.45, 2.75) is 0 Å². The van der Waals surface area contributed by atoms with Crippen molar-refractivity contribution in [3.05, 3.63) is 12.2 Å². The van der Waals surface area contributed by atoms with Crippen LogP contribution in [0.3, 0.4) is 0 Å². The maximum absolute atomic E-state index is 10.8. The molecule has 0 spiro atoms. The molecule has 0 aliphatic rings. The maximum atomic E-state index is 10.8. The van der Waals surface area contributed by atoms with E-state index in [0.29, 0.717) is 0 Å². The van der Waals surface area contributed by atoms with E-state index in [1.807, 2.05) is 0 Å². The lowest BCUT2D eigenvalue weighted by atomic mass is 10.5. The summed E-state index contributed by atoms with van der Waals surface area (Å²) in [6, 6.07) is 0. The fourth-order valence-corrected chi connectivity index (χ4v) is 0.537.